The summed E-state index contributed by atoms with van der Waals surface area (Å²) in [7, 11) is 0. The second-order valence-electron chi connectivity index (χ2n) is 10.7. The van der Waals surface area contributed by atoms with Crippen LogP contribution in [0, 0.1) is 22.2 Å². The fourth-order valence-electron chi connectivity index (χ4n) is 7.51. The van der Waals surface area contributed by atoms with Gasteiger partial charge in [-0.15, -0.1) is 0 Å². The van der Waals surface area contributed by atoms with Gasteiger partial charge in [0.25, 0.3) is 5.92 Å². The van der Waals surface area contributed by atoms with E-state index in [4.69, 9.17) is 0 Å². The topological polar surface area (TPSA) is 41.1 Å². The molecule has 31 heavy (non-hydrogen) atoms. The summed E-state index contributed by atoms with van der Waals surface area (Å²) in [5.41, 5.74) is -0.199. The Balaban J connectivity index is 1.64. The van der Waals surface area contributed by atoms with Gasteiger partial charge in [0.05, 0.1) is 24.7 Å². The van der Waals surface area contributed by atoms with Gasteiger partial charge in [-0.1, -0.05) is 30.9 Å². The summed E-state index contributed by atoms with van der Waals surface area (Å²) in [6.45, 7) is 5.97. The molecular weight excluding hydrogens is 401 g/mol. The van der Waals surface area contributed by atoms with Gasteiger partial charge in [-0.2, -0.15) is 0 Å². The molecule has 0 aromatic rings. The lowest BCUT2D eigenvalue weighted by Gasteiger charge is -2.66. The van der Waals surface area contributed by atoms with Gasteiger partial charge in [-0.05, 0) is 87.2 Å². The SMILES string of the molecule is C=C(/C=C\C=C/C)[C@]12CC3CC(C(=O)NC4CCNCC4(F)F)(C[C@](CCF)(C3)C1)C2. The first kappa shape index (κ1) is 22.6. The largest absolute Gasteiger partial charge is 0.347 e. The van der Waals surface area contributed by atoms with Crippen LogP contribution in [0.15, 0.2) is 36.5 Å². The highest BCUT2D eigenvalue weighted by atomic mass is 19.3. The number of piperidine rings is 1. The van der Waals surface area contributed by atoms with Crippen LogP contribution in [0.3, 0.4) is 0 Å². The van der Waals surface area contributed by atoms with E-state index >= 15 is 0 Å². The van der Waals surface area contributed by atoms with Crippen LogP contribution in [-0.2, 0) is 4.79 Å². The standard InChI is InChI=1S/C25H35F3N2O/c1-3-4-5-6-18(2)23-12-19-11-22(14-23,8-9-26)15-24(13-19,16-23)21(31)30-20-7-10-29-17-25(20,27)28/h3-6,19-20,29H,2,7-17H2,1H3,(H,30,31)/b4-3-,6-5-/t19?,20?,22-,23-,24?/m1/s1. The summed E-state index contributed by atoms with van der Waals surface area (Å²) in [5, 5.41) is 5.47. The lowest BCUT2D eigenvalue weighted by Crippen LogP contribution is -2.65. The van der Waals surface area contributed by atoms with Crippen molar-refractivity contribution in [2.75, 3.05) is 19.8 Å². The quantitative estimate of drug-likeness (QED) is 0.545. The lowest BCUT2D eigenvalue weighted by molar-refractivity contribution is -0.174. The fourth-order valence-corrected chi connectivity index (χ4v) is 7.51. The zero-order valence-electron chi connectivity index (χ0n) is 18.5. The van der Waals surface area contributed by atoms with E-state index in [9.17, 15) is 18.0 Å². The number of nitrogens with one attached hydrogen (secondary N) is 2. The van der Waals surface area contributed by atoms with Gasteiger partial charge >= 0.3 is 0 Å². The number of halogens is 3. The number of alkyl halides is 3. The molecule has 3 unspecified atom stereocenters. The van der Waals surface area contributed by atoms with Crippen molar-refractivity contribution in [3.05, 3.63) is 36.5 Å². The van der Waals surface area contributed by atoms with Crippen LogP contribution >= 0.6 is 0 Å². The zero-order valence-corrected chi connectivity index (χ0v) is 18.5. The Morgan fingerprint density at radius 2 is 1.90 bits per heavy atom. The molecule has 4 saturated carbocycles. The molecule has 6 heteroatoms. The molecule has 5 fully saturated rings. The molecule has 4 bridgehead atoms. The van der Waals surface area contributed by atoms with E-state index in [0.29, 0.717) is 31.7 Å². The van der Waals surface area contributed by atoms with Crippen molar-refractivity contribution in [3.63, 3.8) is 0 Å². The van der Waals surface area contributed by atoms with Crippen molar-refractivity contribution in [1.82, 2.24) is 10.6 Å². The molecule has 2 N–H and O–H groups in total. The molecule has 1 aliphatic heterocycles. The van der Waals surface area contributed by atoms with Gasteiger partial charge in [0.15, 0.2) is 0 Å². The minimum absolute atomic E-state index is 0.220. The van der Waals surface area contributed by atoms with E-state index in [1.165, 1.54) is 0 Å². The van der Waals surface area contributed by atoms with Crippen LogP contribution in [0.25, 0.3) is 0 Å². The van der Waals surface area contributed by atoms with E-state index in [-0.39, 0.29) is 23.2 Å². The summed E-state index contributed by atoms with van der Waals surface area (Å²) in [6, 6.07) is -1.14. The highest BCUT2D eigenvalue weighted by Gasteiger charge is 2.66. The smallest absolute Gasteiger partial charge is 0.280 e. The Hall–Kier alpha value is -1.56. The summed E-state index contributed by atoms with van der Waals surface area (Å²) in [4.78, 5) is 13.6. The molecule has 1 heterocycles. The second kappa shape index (κ2) is 8.09. The molecule has 3 nitrogen and oxygen atoms in total. The number of amides is 1. The summed E-state index contributed by atoms with van der Waals surface area (Å²) in [6.07, 6.45) is 13.2. The highest BCUT2D eigenvalue weighted by molar-refractivity contribution is 5.84. The van der Waals surface area contributed by atoms with Gasteiger partial charge in [0.1, 0.15) is 0 Å². The summed E-state index contributed by atoms with van der Waals surface area (Å²) < 4.78 is 42.5. The van der Waals surface area contributed by atoms with Crippen molar-refractivity contribution in [1.29, 1.82) is 0 Å². The molecule has 4 aliphatic carbocycles. The van der Waals surface area contributed by atoms with Gasteiger partial charge in [-0.3, -0.25) is 9.18 Å². The van der Waals surface area contributed by atoms with E-state index in [0.717, 1.165) is 31.3 Å². The van der Waals surface area contributed by atoms with E-state index < -0.39 is 30.6 Å². The van der Waals surface area contributed by atoms with E-state index in [1.54, 1.807) is 0 Å². The number of hydrogen-bond donors (Lipinski definition) is 2. The fraction of sp³-hybridized carbons (Fsp3) is 0.720. The first-order chi connectivity index (χ1) is 14.7. The van der Waals surface area contributed by atoms with Gasteiger partial charge in [0, 0.05) is 0 Å². The van der Waals surface area contributed by atoms with Crippen LogP contribution < -0.4 is 10.6 Å². The third kappa shape index (κ3) is 4.01. The Morgan fingerprint density at radius 3 is 2.61 bits per heavy atom. The molecule has 0 aromatic carbocycles. The summed E-state index contributed by atoms with van der Waals surface area (Å²) in [5.74, 6) is -2.89. The maximum absolute atomic E-state index is 14.4. The van der Waals surface area contributed by atoms with Crippen molar-refractivity contribution in [2.45, 2.75) is 70.3 Å². The van der Waals surface area contributed by atoms with Gasteiger partial charge in [-0.25, -0.2) is 8.78 Å². The van der Waals surface area contributed by atoms with Crippen LogP contribution in [0.2, 0.25) is 0 Å². The van der Waals surface area contributed by atoms with Crippen molar-refractivity contribution in [3.8, 4) is 0 Å². The Kier molecular flexibility index (Phi) is 5.91. The molecule has 1 amide bonds. The minimum Gasteiger partial charge on any atom is -0.347 e. The predicted octanol–water partition coefficient (Wildman–Crippen LogP) is 5.10. The van der Waals surface area contributed by atoms with Gasteiger partial charge < -0.3 is 10.6 Å². The molecule has 0 spiro atoms. The Bertz CT molecular complexity index is 794. The van der Waals surface area contributed by atoms with Crippen LogP contribution in [0.5, 0.6) is 0 Å². The van der Waals surface area contributed by atoms with Crippen LogP contribution in [0.4, 0.5) is 13.2 Å². The number of rotatable bonds is 7. The van der Waals surface area contributed by atoms with E-state index in [1.807, 2.05) is 31.2 Å². The summed E-state index contributed by atoms with van der Waals surface area (Å²) >= 11 is 0. The molecular formula is C25H35F3N2O. The third-order valence-electron chi connectivity index (χ3n) is 8.36. The maximum Gasteiger partial charge on any atom is 0.280 e. The molecule has 0 radical (unpaired) electrons. The highest BCUT2D eigenvalue weighted by Crippen LogP contribution is 2.72. The molecule has 1 saturated heterocycles. The first-order valence-electron chi connectivity index (χ1n) is 11.6. The van der Waals surface area contributed by atoms with Crippen LogP contribution in [0.1, 0.15) is 58.3 Å². The molecule has 172 valence electrons. The van der Waals surface area contributed by atoms with Crippen molar-refractivity contribution >= 4 is 5.91 Å². The Morgan fingerprint density at radius 1 is 1.16 bits per heavy atom. The zero-order chi connectivity index (χ0) is 22.3. The monoisotopic (exact) mass is 436 g/mol. The normalized spacial score (nSPS) is 41.2. The average Bonchev–Trinajstić information content (AvgIpc) is 2.68. The molecule has 5 rings (SSSR count). The van der Waals surface area contributed by atoms with E-state index in [2.05, 4.69) is 17.2 Å². The van der Waals surface area contributed by atoms with Crippen molar-refractivity contribution in [2.24, 2.45) is 22.2 Å². The van der Waals surface area contributed by atoms with Gasteiger partial charge in [0.2, 0.25) is 5.91 Å². The average molecular weight is 437 g/mol. The van der Waals surface area contributed by atoms with Crippen molar-refractivity contribution < 1.29 is 18.0 Å². The minimum atomic E-state index is -2.96. The Labute approximate surface area is 183 Å². The third-order valence-corrected chi connectivity index (χ3v) is 8.36. The molecule has 5 aliphatic rings. The lowest BCUT2D eigenvalue weighted by atomic mass is 9.37. The first-order valence-corrected chi connectivity index (χ1v) is 11.6. The maximum atomic E-state index is 14.4. The van der Waals surface area contributed by atoms with Crippen LogP contribution in [-0.4, -0.2) is 37.6 Å². The number of carbonyl (C=O) groups is 1. The molecule has 5 atom stereocenters. The second-order valence-corrected chi connectivity index (χ2v) is 10.7. The predicted molar refractivity (Wildman–Crippen MR) is 117 cm³/mol. The number of allylic oxidation sites excluding steroid dienone is 5. The number of carbonyl (C=O) groups excluding carboxylic acids is 1. The molecule has 0 aromatic heterocycles. The number of hydrogen-bond acceptors (Lipinski definition) is 2.